The number of H-pyrrole nitrogens is 1. The molecular weight excluding hydrogens is 222 g/mol. The van der Waals surface area contributed by atoms with Crippen molar-refractivity contribution in [1.29, 1.82) is 0 Å². The Morgan fingerprint density at radius 3 is 2.61 bits per heavy atom. The van der Waals surface area contributed by atoms with E-state index in [-0.39, 0.29) is 6.61 Å². The number of aromatic amines is 1. The van der Waals surface area contributed by atoms with Crippen LogP contribution in [0.4, 0.5) is 0 Å². The Hall–Kier alpha value is -1.54. The van der Waals surface area contributed by atoms with Gasteiger partial charge in [-0.3, -0.25) is 0 Å². The molecule has 18 heavy (non-hydrogen) atoms. The highest BCUT2D eigenvalue weighted by atomic mass is 16.3. The molecule has 2 nitrogen and oxygen atoms in total. The van der Waals surface area contributed by atoms with Crippen molar-refractivity contribution in [1.82, 2.24) is 4.98 Å². The predicted octanol–water partition coefficient (Wildman–Crippen LogP) is 3.36. The molecule has 0 bridgehead atoms. The second-order valence-electron chi connectivity index (χ2n) is 5.18. The van der Waals surface area contributed by atoms with Crippen molar-refractivity contribution in [2.75, 3.05) is 0 Å². The molecule has 94 valence electrons. The fourth-order valence-corrected chi connectivity index (χ4v) is 2.82. The first-order chi connectivity index (χ1) is 8.78. The van der Waals surface area contributed by atoms with Gasteiger partial charge in [0.15, 0.2) is 0 Å². The lowest BCUT2D eigenvalue weighted by molar-refractivity contribution is 0.281. The van der Waals surface area contributed by atoms with E-state index in [0.717, 1.165) is 17.0 Å². The van der Waals surface area contributed by atoms with E-state index in [9.17, 15) is 5.11 Å². The maximum atomic E-state index is 9.25. The second kappa shape index (κ2) is 4.62. The van der Waals surface area contributed by atoms with Crippen LogP contribution in [0.5, 0.6) is 0 Å². The molecule has 0 aliphatic heterocycles. The normalized spacial score (nSPS) is 14.6. The van der Waals surface area contributed by atoms with Crippen LogP contribution in [0.15, 0.2) is 24.3 Å². The van der Waals surface area contributed by atoms with E-state index < -0.39 is 0 Å². The minimum absolute atomic E-state index is 0.104. The quantitative estimate of drug-likeness (QED) is 0.831. The number of aromatic nitrogens is 1. The van der Waals surface area contributed by atoms with Gasteiger partial charge in [-0.05, 0) is 67.0 Å². The van der Waals surface area contributed by atoms with Crippen LogP contribution >= 0.6 is 0 Å². The fraction of sp³-hybridized carbons (Fsp3) is 0.375. The van der Waals surface area contributed by atoms with E-state index in [4.69, 9.17) is 0 Å². The molecule has 2 aromatic rings. The third-order valence-corrected chi connectivity index (χ3v) is 3.95. The fourth-order valence-electron chi connectivity index (χ4n) is 2.82. The van der Waals surface area contributed by atoms with Crippen molar-refractivity contribution in [3.63, 3.8) is 0 Å². The largest absolute Gasteiger partial charge is 0.392 e. The average molecular weight is 241 g/mol. The monoisotopic (exact) mass is 241 g/mol. The molecule has 1 aliphatic carbocycles. The number of hydrogen-bond donors (Lipinski definition) is 2. The summed E-state index contributed by atoms with van der Waals surface area (Å²) in [5.41, 5.74) is 7.41. The molecule has 0 saturated heterocycles. The van der Waals surface area contributed by atoms with Crippen LogP contribution in [0.1, 0.15) is 35.2 Å². The first-order valence-corrected chi connectivity index (χ1v) is 6.69. The molecule has 1 aliphatic rings. The molecular formula is C16H19NO. The number of nitrogens with one attached hydrogen (secondary N) is 1. The van der Waals surface area contributed by atoms with E-state index in [2.05, 4.69) is 29.2 Å². The SMILES string of the molecule is Cc1[nH]c(-c2ccc3c(c2)CCCC3)cc1CO. The van der Waals surface area contributed by atoms with Crippen LogP contribution in [0.2, 0.25) is 0 Å². The maximum Gasteiger partial charge on any atom is 0.0699 e. The van der Waals surface area contributed by atoms with Gasteiger partial charge in [0.05, 0.1) is 6.61 Å². The zero-order valence-corrected chi connectivity index (χ0v) is 10.8. The molecule has 1 aromatic carbocycles. The third-order valence-electron chi connectivity index (χ3n) is 3.95. The molecule has 0 radical (unpaired) electrons. The summed E-state index contributed by atoms with van der Waals surface area (Å²) < 4.78 is 0. The topological polar surface area (TPSA) is 36.0 Å². The van der Waals surface area contributed by atoms with E-state index in [1.54, 1.807) is 0 Å². The zero-order valence-electron chi connectivity index (χ0n) is 10.8. The summed E-state index contributed by atoms with van der Waals surface area (Å²) in [6, 6.07) is 8.82. The molecule has 0 atom stereocenters. The van der Waals surface area contributed by atoms with E-state index in [0.29, 0.717) is 0 Å². The van der Waals surface area contributed by atoms with Crippen LogP contribution in [-0.2, 0) is 19.4 Å². The Morgan fingerprint density at radius 1 is 1.11 bits per heavy atom. The van der Waals surface area contributed by atoms with Crippen molar-refractivity contribution in [3.8, 4) is 11.3 Å². The van der Waals surface area contributed by atoms with Gasteiger partial charge >= 0.3 is 0 Å². The van der Waals surface area contributed by atoms with Gasteiger partial charge in [-0.2, -0.15) is 0 Å². The predicted molar refractivity (Wildman–Crippen MR) is 73.5 cm³/mol. The summed E-state index contributed by atoms with van der Waals surface area (Å²) in [4.78, 5) is 3.36. The molecule has 1 heterocycles. The van der Waals surface area contributed by atoms with Crippen LogP contribution in [-0.4, -0.2) is 10.1 Å². The van der Waals surface area contributed by atoms with Crippen LogP contribution in [0.25, 0.3) is 11.3 Å². The summed E-state index contributed by atoms with van der Waals surface area (Å²) in [5, 5.41) is 9.25. The van der Waals surface area contributed by atoms with Gasteiger partial charge in [0, 0.05) is 11.4 Å². The van der Waals surface area contributed by atoms with Gasteiger partial charge in [0.2, 0.25) is 0 Å². The molecule has 0 saturated carbocycles. The number of hydrogen-bond acceptors (Lipinski definition) is 1. The minimum atomic E-state index is 0.104. The number of rotatable bonds is 2. The van der Waals surface area contributed by atoms with Crippen molar-refractivity contribution in [2.45, 2.75) is 39.2 Å². The van der Waals surface area contributed by atoms with E-state index >= 15 is 0 Å². The number of benzene rings is 1. The molecule has 0 spiro atoms. The summed E-state index contributed by atoms with van der Waals surface area (Å²) >= 11 is 0. The second-order valence-corrected chi connectivity index (χ2v) is 5.18. The molecule has 0 fully saturated rings. The highest BCUT2D eigenvalue weighted by molar-refractivity contribution is 5.63. The maximum absolute atomic E-state index is 9.25. The average Bonchev–Trinajstić information content (AvgIpc) is 2.79. The number of aliphatic hydroxyl groups excluding tert-OH is 1. The Morgan fingerprint density at radius 2 is 1.89 bits per heavy atom. The lowest BCUT2D eigenvalue weighted by Crippen LogP contribution is -2.02. The van der Waals surface area contributed by atoms with Gasteiger partial charge in [-0.25, -0.2) is 0 Å². The third kappa shape index (κ3) is 1.97. The molecule has 2 N–H and O–H groups in total. The Balaban J connectivity index is 2.00. The van der Waals surface area contributed by atoms with Crippen molar-refractivity contribution >= 4 is 0 Å². The Bertz CT molecular complexity index is 568. The van der Waals surface area contributed by atoms with E-state index in [1.165, 1.54) is 42.4 Å². The van der Waals surface area contributed by atoms with E-state index in [1.807, 2.05) is 6.92 Å². The molecule has 1 aromatic heterocycles. The van der Waals surface area contributed by atoms with Crippen LogP contribution in [0.3, 0.4) is 0 Å². The smallest absolute Gasteiger partial charge is 0.0699 e. The van der Waals surface area contributed by atoms with Gasteiger partial charge in [0.25, 0.3) is 0 Å². The van der Waals surface area contributed by atoms with Gasteiger partial charge in [-0.15, -0.1) is 0 Å². The van der Waals surface area contributed by atoms with Crippen molar-refractivity contribution < 1.29 is 5.11 Å². The minimum Gasteiger partial charge on any atom is -0.392 e. The highest BCUT2D eigenvalue weighted by Crippen LogP contribution is 2.28. The molecule has 0 unspecified atom stereocenters. The lowest BCUT2D eigenvalue weighted by atomic mass is 9.90. The first-order valence-electron chi connectivity index (χ1n) is 6.69. The number of aliphatic hydroxyl groups is 1. The molecule has 0 amide bonds. The summed E-state index contributed by atoms with van der Waals surface area (Å²) in [6.07, 6.45) is 5.06. The Kier molecular flexibility index (Phi) is 2.96. The van der Waals surface area contributed by atoms with Gasteiger partial charge < -0.3 is 10.1 Å². The Labute approximate surface area is 108 Å². The van der Waals surface area contributed by atoms with Crippen molar-refractivity contribution in [2.24, 2.45) is 0 Å². The van der Waals surface area contributed by atoms with Crippen LogP contribution < -0.4 is 0 Å². The standard InChI is InChI=1S/C16H19NO/c1-11-15(10-18)9-16(17-11)14-7-6-12-4-2-3-5-13(12)8-14/h6-9,17-18H,2-5,10H2,1H3. The summed E-state index contributed by atoms with van der Waals surface area (Å²) in [5.74, 6) is 0. The number of aryl methyl sites for hydroxylation is 3. The highest BCUT2D eigenvalue weighted by Gasteiger charge is 2.11. The van der Waals surface area contributed by atoms with Crippen LogP contribution in [0, 0.1) is 6.92 Å². The number of fused-ring (bicyclic) bond motifs is 1. The molecule has 2 heteroatoms. The lowest BCUT2D eigenvalue weighted by Gasteiger charge is -2.16. The summed E-state index contributed by atoms with van der Waals surface area (Å²) in [6.45, 7) is 2.11. The zero-order chi connectivity index (χ0) is 12.5. The van der Waals surface area contributed by atoms with Gasteiger partial charge in [0.1, 0.15) is 0 Å². The molecule has 3 rings (SSSR count). The van der Waals surface area contributed by atoms with Crippen molar-refractivity contribution in [3.05, 3.63) is 46.6 Å². The first kappa shape index (κ1) is 11.5. The van der Waals surface area contributed by atoms with Gasteiger partial charge in [-0.1, -0.05) is 12.1 Å². The summed E-state index contributed by atoms with van der Waals surface area (Å²) in [7, 11) is 0.